The molecule has 0 aliphatic carbocycles. The summed E-state index contributed by atoms with van der Waals surface area (Å²) in [6.45, 7) is 6.47. The number of nitrogens with one attached hydrogen (secondary N) is 2. The van der Waals surface area contributed by atoms with Gasteiger partial charge >= 0.3 is 0 Å². The van der Waals surface area contributed by atoms with Crippen LogP contribution >= 0.6 is 51.2 Å². The lowest BCUT2D eigenvalue weighted by molar-refractivity contribution is 0.412. The van der Waals surface area contributed by atoms with Gasteiger partial charge in [0.05, 0.1) is 23.1 Å². The molecular weight excluding hydrogens is 527 g/mol. The summed E-state index contributed by atoms with van der Waals surface area (Å²) in [5.74, 6) is 1.65. The molecule has 5 nitrogen and oxygen atoms in total. The Labute approximate surface area is 185 Å². The van der Waals surface area contributed by atoms with E-state index in [1.54, 1.807) is 18.4 Å². The standard InChI is InChI=1S/C18H25BrN4OS.HI/c1-4-14-12-22-17(25-14)8-9-21-18(20-5-2)23-11-13-6-7-16(24-3)15(19)10-13;/h6-7,10,12H,4-5,8-9,11H2,1-3H3,(H2,20,21,23);1H. The number of thiazole rings is 1. The zero-order valence-corrected chi connectivity index (χ0v) is 20.1. The molecule has 8 heteroatoms. The van der Waals surface area contributed by atoms with Crippen LogP contribution in [0.4, 0.5) is 0 Å². The monoisotopic (exact) mass is 552 g/mol. The minimum absolute atomic E-state index is 0. The number of rotatable bonds is 8. The molecule has 0 unspecified atom stereocenters. The first-order valence-corrected chi connectivity index (χ1v) is 10.0. The van der Waals surface area contributed by atoms with Gasteiger partial charge in [-0.05, 0) is 47.0 Å². The number of nitrogens with zero attached hydrogens (tertiary/aromatic N) is 2. The van der Waals surface area contributed by atoms with Crippen molar-refractivity contribution in [3.8, 4) is 5.75 Å². The summed E-state index contributed by atoms with van der Waals surface area (Å²) in [5.41, 5.74) is 1.12. The Balaban J connectivity index is 0.00000338. The molecule has 144 valence electrons. The molecule has 0 spiro atoms. The van der Waals surface area contributed by atoms with Gasteiger partial charge in [-0.15, -0.1) is 35.3 Å². The van der Waals surface area contributed by atoms with Crippen molar-refractivity contribution in [2.24, 2.45) is 4.99 Å². The average Bonchev–Trinajstić information content (AvgIpc) is 3.08. The lowest BCUT2D eigenvalue weighted by atomic mass is 10.2. The summed E-state index contributed by atoms with van der Waals surface area (Å²) in [6.07, 6.45) is 3.93. The number of hydrogen-bond acceptors (Lipinski definition) is 4. The van der Waals surface area contributed by atoms with Crippen LogP contribution in [0.15, 0.2) is 33.9 Å². The van der Waals surface area contributed by atoms with Crippen LogP contribution in [-0.2, 0) is 19.4 Å². The molecule has 2 N–H and O–H groups in total. The number of ether oxygens (including phenoxy) is 1. The van der Waals surface area contributed by atoms with E-state index >= 15 is 0 Å². The summed E-state index contributed by atoms with van der Waals surface area (Å²) in [5, 5.41) is 7.82. The van der Waals surface area contributed by atoms with Crippen molar-refractivity contribution in [2.45, 2.75) is 33.2 Å². The van der Waals surface area contributed by atoms with Crippen LogP contribution in [0.5, 0.6) is 5.75 Å². The van der Waals surface area contributed by atoms with Crippen molar-refractivity contribution in [3.05, 3.63) is 44.3 Å². The number of methoxy groups -OCH3 is 1. The maximum Gasteiger partial charge on any atom is 0.191 e. The summed E-state index contributed by atoms with van der Waals surface area (Å²) in [7, 11) is 1.66. The van der Waals surface area contributed by atoms with Crippen molar-refractivity contribution in [1.82, 2.24) is 15.6 Å². The molecule has 26 heavy (non-hydrogen) atoms. The molecule has 0 saturated heterocycles. The van der Waals surface area contributed by atoms with E-state index in [-0.39, 0.29) is 24.0 Å². The molecular formula is C18H26BrIN4OS. The van der Waals surface area contributed by atoms with E-state index in [4.69, 9.17) is 4.74 Å². The van der Waals surface area contributed by atoms with Gasteiger partial charge in [-0.25, -0.2) is 9.98 Å². The summed E-state index contributed by atoms with van der Waals surface area (Å²) >= 11 is 5.29. The molecule has 1 aromatic heterocycles. The van der Waals surface area contributed by atoms with E-state index in [2.05, 4.69) is 50.4 Å². The molecule has 1 aromatic carbocycles. The number of guanidine groups is 1. The highest BCUT2D eigenvalue weighted by Crippen LogP contribution is 2.25. The first-order chi connectivity index (χ1) is 12.2. The minimum atomic E-state index is 0. The average molecular weight is 553 g/mol. The maximum absolute atomic E-state index is 5.26. The Morgan fingerprint density at radius 2 is 2.12 bits per heavy atom. The fourth-order valence-electron chi connectivity index (χ4n) is 2.24. The van der Waals surface area contributed by atoms with E-state index in [9.17, 15) is 0 Å². The minimum Gasteiger partial charge on any atom is -0.496 e. The second kappa shape index (κ2) is 12.5. The fraction of sp³-hybridized carbons (Fsp3) is 0.444. The molecule has 0 fully saturated rings. The molecule has 0 bridgehead atoms. The number of benzene rings is 1. The summed E-state index contributed by atoms with van der Waals surface area (Å²) in [4.78, 5) is 10.4. The third-order valence-electron chi connectivity index (χ3n) is 3.56. The van der Waals surface area contributed by atoms with Gasteiger partial charge in [-0.1, -0.05) is 13.0 Å². The Morgan fingerprint density at radius 1 is 1.31 bits per heavy atom. The Hall–Kier alpha value is -0.870. The van der Waals surface area contributed by atoms with E-state index < -0.39 is 0 Å². The van der Waals surface area contributed by atoms with Gasteiger partial charge in [0.1, 0.15) is 5.75 Å². The molecule has 2 rings (SSSR count). The van der Waals surface area contributed by atoms with Crippen LogP contribution in [0.3, 0.4) is 0 Å². The molecule has 0 aliphatic heterocycles. The largest absolute Gasteiger partial charge is 0.496 e. The van der Waals surface area contributed by atoms with Gasteiger partial charge in [0.15, 0.2) is 5.96 Å². The molecule has 0 atom stereocenters. The van der Waals surface area contributed by atoms with Gasteiger partial charge in [-0.3, -0.25) is 0 Å². The lowest BCUT2D eigenvalue weighted by Crippen LogP contribution is -2.38. The van der Waals surface area contributed by atoms with Crippen molar-refractivity contribution in [2.75, 3.05) is 20.2 Å². The van der Waals surface area contributed by atoms with E-state index in [1.165, 1.54) is 9.88 Å². The number of aryl methyl sites for hydroxylation is 1. The van der Waals surface area contributed by atoms with E-state index in [0.29, 0.717) is 6.54 Å². The molecule has 0 radical (unpaired) electrons. The Kier molecular flexibility index (Phi) is 11.1. The lowest BCUT2D eigenvalue weighted by Gasteiger charge is -2.11. The Bertz CT molecular complexity index is 708. The van der Waals surface area contributed by atoms with Crippen LogP contribution in [0, 0.1) is 0 Å². The molecule has 2 aromatic rings. The van der Waals surface area contributed by atoms with Crippen LogP contribution in [-0.4, -0.2) is 31.1 Å². The molecule has 0 aliphatic rings. The first kappa shape index (κ1) is 23.2. The predicted molar refractivity (Wildman–Crippen MR) is 124 cm³/mol. The van der Waals surface area contributed by atoms with Crippen molar-refractivity contribution >= 4 is 57.2 Å². The topological polar surface area (TPSA) is 58.5 Å². The van der Waals surface area contributed by atoms with Crippen molar-refractivity contribution < 1.29 is 4.74 Å². The van der Waals surface area contributed by atoms with Gasteiger partial charge in [0.25, 0.3) is 0 Å². The summed E-state index contributed by atoms with van der Waals surface area (Å²) < 4.78 is 6.20. The SMILES string of the molecule is CCNC(=NCc1ccc(OC)c(Br)c1)NCCc1ncc(CC)s1.I. The van der Waals surface area contributed by atoms with Crippen molar-refractivity contribution in [1.29, 1.82) is 0 Å². The highest BCUT2D eigenvalue weighted by molar-refractivity contribution is 14.0. The number of aromatic nitrogens is 1. The number of hydrogen-bond donors (Lipinski definition) is 2. The Morgan fingerprint density at radius 3 is 2.73 bits per heavy atom. The predicted octanol–water partition coefficient (Wildman–Crippen LogP) is 4.39. The van der Waals surface area contributed by atoms with E-state index in [1.807, 2.05) is 24.4 Å². The van der Waals surface area contributed by atoms with Crippen LogP contribution in [0.1, 0.15) is 29.3 Å². The highest BCUT2D eigenvalue weighted by atomic mass is 127. The van der Waals surface area contributed by atoms with Gasteiger partial charge in [-0.2, -0.15) is 0 Å². The fourth-order valence-corrected chi connectivity index (χ4v) is 3.69. The van der Waals surface area contributed by atoms with Crippen LogP contribution < -0.4 is 15.4 Å². The quantitative estimate of drug-likeness (QED) is 0.290. The highest BCUT2D eigenvalue weighted by Gasteiger charge is 2.04. The third kappa shape index (κ3) is 7.40. The van der Waals surface area contributed by atoms with Crippen molar-refractivity contribution in [3.63, 3.8) is 0 Å². The van der Waals surface area contributed by atoms with Gasteiger partial charge in [0.2, 0.25) is 0 Å². The number of halogens is 2. The van der Waals surface area contributed by atoms with Crippen LogP contribution in [0.2, 0.25) is 0 Å². The number of aliphatic imine (C=N–C) groups is 1. The smallest absolute Gasteiger partial charge is 0.191 e. The normalized spacial score (nSPS) is 11.0. The zero-order valence-electron chi connectivity index (χ0n) is 15.3. The van der Waals surface area contributed by atoms with E-state index in [0.717, 1.165) is 47.7 Å². The molecule has 1 heterocycles. The molecule has 0 amide bonds. The van der Waals surface area contributed by atoms with Crippen LogP contribution in [0.25, 0.3) is 0 Å². The second-order valence-corrected chi connectivity index (χ2v) is 7.47. The second-order valence-electron chi connectivity index (χ2n) is 5.41. The first-order valence-electron chi connectivity index (χ1n) is 8.44. The zero-order chi connectivity index (χ0) is 18.1. The van der Waals surface area contributed by atoms with Gasteiger partial charge < -0.3 is 15.4 Å². The summed E-state index contributed by atoms with van der Waals surface area (Å²) in [6, 6.07) is 6.01. The maximum atomic E-state index is 5.26. The van der Waals surface area contributed by atoms with Gasteiger partial charge in [0, 0.05) is 30.6 Å². The third-order valence-corrected chi connectivity index (χ3v) is 5.38. The molecule has 0 saturated carbocycles.